The number of benzene rings is 1. The number of carbonyl (C=O) groups excluding carboxylic acids is 2. The van der Waals surface area contributed by atoms with Crippen molar-refractivity contribution in [3.63, 3.8) is 0 Å². The minimum Gasteiger partial charge on any atom is -0.388 e. The second-order valence-corrected chi connectivity index (χ2v) is 5.82. The van der Waals surface area contributed by atoms with E-state index in [4.69, 9.17) is 4.74 Å². The zero-order valence-electron chi connectivity index (χ0n) is 11.8. The van der Waals surface area contributed by atoms with Crippen molar-refractivity contribution < 1.29 is 19.4 Å². The monoisotopic (exact) mass is 289 g/mol. The summed E-state index contributed by atoms with van der Waals surface area (Å²) in [4.78, 5) is 25.9. The molecule has 2 amide bonds. The first-order chi connectivity index (χ1) is 10.1. The Labute approximate surface area is 123 Å². The van der Waals surface area contributed by atoms with Gasteiger partial charge in [0.2, 0.25) is 11.8 Å². The van der Waals surface area contributed by atoms with Gasteiger partial charge in [0.05, 0.1) is 18.1 Å². The quantitative estimate of drug-likeness (QED) is 0.845. The topological polar surface area (TPSA) is 66.8 Å². The average Bonchev–Trinajstić information content (AvgIpc) is 2.77. The zero-order valence-corrected chi connectivity index (χ0v) is 11.8. The van der Waals surface area contributed by atoms with E-state index in [9.17, 15) is 14.7 Å². The number of rotatable bonds is 3. The fourth-order valence-corrected chi connectivity index (χ4v) is 3.00. The predicted molar refractivity (Wildman–Crippen MR) is 75.5 cm³/mol. The van der Waals surface area contributed by atoms with Crippen LogP contribution in [-0.4, -0.2) is 47.2 Å². The largest absolute Gasteiger partial charge is 0.388 e. The molecule has 0 aromatic heterocycles. The molecule has 0 spiro atoms. The Bertz CT molecular complexity index is 536. The molecule has 21 heavy (non-hydrogen) atoms. The number of imide groups is 1. The van der Waals surface area contributed by atoms with Gasteiger partial charge in [-0.1, -0.05) is 30.3 Å². The molecule has 2 aliphatic rings. The molecular weight excluding hydrogens is 270 g/mol. The van der Waals surface area contributed by atoms with E-state index in [1.54, 1.807) is 0 Å². The first kappa shape index (κ1) is 14.2. The van der Waals surface area contributed by atoms with Crippen LogP contribution in [0.4, 0.5) is 0 Å². The van der Waals surface area contributed by atoms with Gasteiger partial charge >= 0.3 is 0 Å². The van der Waals surface area contributed by atoms with Crippen LogP contribution in [0.15, 0.2) is 30.3 Å². The SMILES string of the molecule is O=C1CC(c2ccccc2)C(=O)N1CC1(O)CCOCC1. The molecule has 0 bridgehead atoms. The molecule has 112 valence electrons. The average molecular weight is 289 g/mol. The second kappa shape index (κ2) is 5.58. The molecular formula is C16H19NO4. The number of likely N-dealkylation sites (tertiary alicyclic amines) is 1. The molecule has 1 atom stereocenters. The summed E-state index contributed by atoms with van der Waals surface area (Å²) in [6.45, 7) is 1.01. The Hall–Kier alpha value is -1.72. The minimum absolute atomic E-state index is 0.0807. The molecule has 5 nitrogen and oxygen atoms in total. The Kier molecular flexibility index (Phi) is 3.78. The lowest BCUT2D eigenvalue weighted by Gasteiger charge is -2.34. The fraction of sp³-hybridized carbons (Fsp3) is 0.500. The van der Waals surface area contributed by atoms with Crippen LogP contribution >= 0.6 is 0 Å². The number of amides is 2. The van der Waals surface area contributed by atoms with Gasteiger partial charge in [-0.05, 0) is 5.56 Å². The lowest BCUT2D eigenvalue weighted by Crippen LogP contribution is -2.48. The summed E-state index contributed by atoms with van der Waals surface area (Å²) in [6.07, 6.45) is 1.11. The minimum atomic E-state index is -1.00. The van der Waals surface area contributed by atoms with Gasteiger partial charge in [0, 0.05) is 32.5 Å². The van der Waals surface area contributed by atoms with Crippen molar-refractivity contribution in [2.45, 2.75) is 30.8 Å². The highest BCUT2D eigenvalue weighted by molar-refractivity contribution is 6.06. The van der Waals surface area contributed by atoms with Crippen LogP contribution in [0.2, 0.25) is 0 Å². The van der Waals surface area contributed by atoms with Gasteiger partial charge < -0.3 is 9.84 Å². The summed E-state index contributed by atoms with van der Waals surface area (Å²) in [5, 5.41) is 10.5. The third kappa shape index (κ3) is 2.84. The van der Waals surface area contributed by atoms with Gasteiger partial charge in [-0.25, -0.2) is 0 Å². The Morgan fingerprint density at radius 3 is 2.52 bits per heavy atom. The van der Waals surface area contributed by atoms with Crippen molar-refractivity contribution in [1.29, 1.82) is 0 Å². The van der Waals surface area contributed by atoms with Crippen molar-refractivity contribution >= 4 is 11.8 Å². The number of ether oxygens (including phenoxy) is 1. The van der Waals surface area contributed by atoms with Gasteiger partial charge in [0.25, 0.3) is 0 Å². The number of hydrogen-bond donors (Lipinski definition) is 1. The molecule has 1 aromatic rings. The van der Waals surface area contributed by atoms with Crippen LogP contribution in [0.25, 0.3) is 0 Å². The maximum Gasteiger partial charge on any atom is 0.237 e. The van der Waals surface area contributed by atoms with E-state index in [-0.39, 0.29) is 24.8 Å². The Balaban J connectivity index is 1.75. The Morgan fingerprint density at radius 1 is 1.19 bits per heavy atom. The summed E-state index contributed by atoms with van der Waals surface area (Å²) >= 11 is 0. The van der Waals surface area contributed by atoms with E-state index in [2.05, 4.69) is 0 Å². The number of carbonyl (C=O) groups is 2. The molecule has 1 N–H and O–H groups in total. The lowest BCUT2D eigenvalue weighted by atomic mass is 9.93. The van der Waals surface area contributed by atoms with E-state index in [0.29, 0.717) is 26.1 Å². The first-order valence-corrected chi connectivity index (χ1v) is 7.28. The molecule has 3 rings (SSSR count). The molecule has 2 fully saturated rings. The van der Waals surface area contributed by atoms with Crippen molar-refractivity contribution in [1.82, 2.24) is 4.90 Å². The zero-order chi connectivity index (χ0) is 14.9. The Morgan fingerprint density at radius 2 is 1.86 bits per heavy atom. The van der Waals surface area contributed by atoms with Crippen molar-refractivity contribution in [3.05, 3.63) is 35.9 Å². The van der Waals surface area contributed by atoms with Gasteiger partial charge in [-0.3, -0.25) is 14.5 Å². The van der Waals surface area contributed by atoms with E-state index in [1.165, 1.54) is 4.90 Å². The van der Waals surface area contributed by atoms with Crippen LogP contribution in [0.1, 0.15) is 30.7 Å². The van der Waals surface area contributed by atoms with E-state index in [1.807, 2.05) is 30.3 Å². The van der Waals surface area contributed by atoms with Crippen LogP contribution in [-0.2, 0) is 14.3 Å². The predicted octanol–water partition coefficient (Wildman–Crippen LogP) is 1.07. The lowest BCUT2D eigenvalue weighted by molar-refractivity contribution is -0.146. The molecule has 2 aliphatic heterocycles. The molecule has 2 saturated heterocycles. The molecule has 0 aliphatic carbocycles. The first-order valence-electron chi connectivity index (χ1n) is 7.28. The van der Waals surface area contributed by atoms with Crippen molar-refractivity contribution in [3.8, 4) is 0 Å². The maximum absolute atomic E-state index is 12.5. The molecule has 5 heteroatoms. The van der Waals surface area contributed by atoms with Gasteiger partial charge in [0.1, 0.15) is 0 Å². The third-order valence-corrected chi connectivity index (χ3v) is 4.32. The summed E-state index contributed by atoms with van der Waals surface area (Å²) in [5.74, 6) is -0.818. The number of aliphatic hydroxyl groups is 1. The van der Waals surface area contributed by atoms with Crippen molar-refractivity contribution in [2.75, 3.05) is 19.8 Å². The van der Waals surface area contributed by atoms with Gasteiger partial charge in [0.15, 0.2) is 0 Å². The molecule has 2 heterocycles. The summed E-state index contributed by atoms with van der Waals surface area (Å²) < 4.78 is 5.23. The second-order valence-electron chi connectivity index (χ2n) is 5.82. The summed E-state index contributed by atoms with van der Waals surface area (Å²) in [5.41, 5.74) is -0.146. The van der Waals surface area contributed by atoms with Crippen LogP contribution in [0.5, 0.6) is 0 Å². The van der Waals surface area contributed by atoms with E-state index in [0.717, 1.165) is 5.56 Å². The summed E-state index contributed by atoms with van der Waals surface area (Å²) in [6, 6.07) is 9.34. The number of β-amino-alcohol motifs (C(OH)–C–C–N with tert-alkyl or cyclic N) is 1. The molecule has 0 saturated carbocycles. The number of nitrogens with zero attached hydrogens (tertiary/aromatic N) is 1. The maximum atomic E-state index is 12.5. The number of hydrogen-bond acceptors (Lipinski definition) is 4. The highest BCUT2D eigenvalue weighted by Gasteiger charge is 2.43. The smallest absolute Gasteiger partial charge is 0.237 e. The third-order valence-electron chi connectivity index (χ3n) is 4.32. The van der Waals surface area contributed by atoms with E-state index < -0.39 is 11.5 Å². The van der Waals surface area contributed by atoms with E-state index >= 15 is 0 Å². The van der Waals surface area contributed by atoms with Crippen LogP contribution in [0.3, 0.4) is 0 Å². The molecule has 0 radical (unpaired) electrons. The molecule has 1 aromatic carbocycles. The fourth-order valence-electron chi connectivity index (χ4n) is 3.00. The highest BCUT2D eigenvalue weighted by atomic mass is 16.5. The van der Waals surface area contributed by atoms with Gasteiger partial charge in [-0.15, -0.1) is 0 Å². The molecule has 1 unspecified atom stereocenters. The normalized spacial score (nSPS) is 25.4. The van der Waals surface area contributed by atoms with Crippen molar-refractivity contribution in [2.24, 2.45) is 0 Å². The van der Waals surface area contributed by atoms with Gasteiger partial charge in [-0.2, -0.15) is 0 Å². The highest BCUT2D eigenvalue weighted by Crippen LogP contribution is 2.32. The van der Waals surface area contributed by atoms with Crippen LogP contribution in [0, 0.1) is 0 Å². The standard InChI is InChI=1S/C16H19NO4/c18-14-10-13(12-4-2-1-3-5-12)15(19)17(14)11-16(20)6-8-21-9-7-16/h1-5,13,20H,6-11H2. The van der Waals surface area contributed by atoms with Crippen LogP contribution < -0.4 is 0 Å². The summed E-state index contributed by atoms with van der Waals surface area (Å²) in [7, 11) is 0.